The number of benzene rings is 1. The van der Waals surface area contributed by atoms with E-state index < -0.39 is 5.82 Å². The number of anilines is 1. The number of ether oxygens (including phenoxy) is 1. The van der Waals surface area contributed by atoms with Gasteiger partial charge in [-0.1, -0.05) is 0 Å². The molecule has 0 aliphatic carbocycles. The number of nitrogens with zero attached hydrogens (tertiary/aromatic N) is 4. The normalized spacial score (nSPS) is 11.2. The number of hydrogen-bond donors (Lipinski definition) is 1. The summed E-state index contributed by atoms with van der Waals surface area (Å²) < 4.78 is 19.8. The van der Waals surface area contributed by atoms with E-state index in [4.69, 9.17) is 10.5 Å². The van der Waals surface area contributed by atoms with Crippen LogP contribution in [-0.2, 0) is 0 Å². The maximum atomic E-state index is 13.4. The van der Waals surface area contributed by atoms with E-state index in [1.54, 1.807) is 0 Å². The highest BCUT2D eigenvalue weighted by molar-refractivity contribution is 5.95. The number of hydrogen-bond acceptors (Lipinski definition) is 5. The van der Waals surface area contributed by atoms with Gasteiger partial charge in [0, 0.05) is 6.07 Å². The lowest BCUT2D eigenvalue weighted by molar-refractivity contribution is 0.415. The van der Waals surface area contributed by atoms with Crippen LogP contribution in [0.3, 0.4) is 0 Å². The van der Waals surface area contributed by atoms with E-state index in [9.17, 15) is 4.39 Å². The first-order valence-corrected chi connectivity index (χ1v) is 4.83. The lowest BCUT2D eigenvalue weighted by atomic mass is 10.2. The summed E-state index contributed by atoms with van der Waals surface area (Å²) in [6.45, 7) is 0. The third-order valence-electron chi connectivity index (χ3n) is 2.49. The number of methoxy groups -OCH3 is 1. The van der Waals surface area contributed by atoms with E-state index in [1.807, 2.05) is 0 Å². The Morgan fingerprint density at radius 3 is 3.00 bits per heavy atom. The van der Waals surface area contributed by atoms with Crippen molar-refractivity contribution in [2.75, 3.05) is 12.8 Å². The maximum Gasteiger partial charge on any atom is 0.223 e. The second kappa shape index (κ2) is 3.27. The molecule has 0 saturated heterocycles. The van der Waals surface area contributed by atoms with E-state index in [0.717, 1.165) is 0 Å². The van der Waals surface area contributed by atoms with Gasteiger partial charge in [0.2, 0.25) is 5.95 Å². The summed E-state index contributed by atoms with van der Waals surface area (Å²) >= 11 is 0. The Balaban J connectivity index is 2.58. The standard InChI is InChI=1S/C10H8FN5O/c1-17-7-3-5(11)2-6-8(7)15-10(12)16-9(6)13-4-14-16/h2-4H,1H3,(H2,12,15). The molecule has 1 aromatic carbocycles. The molecule has 2 heterocycles. The number of nitrogen functional groups attached to an aromatic ring is 1. The molecule has 0 spiro atoms. The molecule has 17 heavy (non-hydrogen) atoms. The number of rotatable bonds is 1. The van der Waals surface area contributed by atoms with Gasteiger partial charge >= 0.3 is 0 Å². The van der Waals surface area contributed by atoms with Gasteiger partial charge in [-0.15, -0.1) is 0 Å². The highest BCUT2D eigenvalue weighted by Gasteiger charge is 2.13. The van der Waals surface area contributed by atoms with Crippen molar-refractivity contribution >= 4 is 22.5 Å². The first kappa shape index (κ1) is 9.76. The van der Waals surface area contributed by atoms with E-state index in [1.165, 1.54) is 30.1 Å². The third-order valence-corrected chi connectivity index (χ3v) is 2.49. The largest absolute Gasteiger partial charge is 0.494 e. The molecule has 0 aliphatic heterocycles. The molecule has 0 radical (unpaired) electrons. The van der Waals surface area contributed by atoms with Gasteiger partial charge in [0.1, 0.15) is 23.4 Å². The molecule has 3 rings (SSSR count). The minimum atomic E-state index is -0.425. The number of halogens is 1. The molecule has 0 saturated carbocycles. The van der Waals surface area contributed by atoms with Crippen LogP contribution >= 0.6 is 0 Å². The van der Waals surface area contributed by atoms with Crippen molar-refractivity contribution in [3.8, 4) is 5.75 Å². The fourth-order valence-electron chi connectivity index (χ4n) is 1.77. The second-order valence-corrected chi connectivity index (χ2v) is 3.47. The summed E-state index contributed by atoms with van der Waals surface area (Å²) in [4.78, 5) is 8.17. The van der Waals surface area contributed by atoms with Crippen molar-refractivity contribution in [3.05, 3.63) is 24.3 Å². The maximum absolute atomic E-state index is 13.4. The zero-order valence-electron chi connectivity index (χ0n) is 8.88. The molecule has 7 heteroatoms. The molecule has 0 bridgehead atoms. The van der Waals surface area contributed by atoms with Gasteiger partial charge < -0.3 is 10.5 Å². The molecule has 6 nitrogen and oxygen atoms in total. The van der Waals surface area contributed by atoms with E-state index >= 15 is 0 Å². The molecule has 0 unspecified atom stereocenters. The monoisotopic (exact) mass is 233 g/mol. The zero-order valence-corrected chi connectivity index (χ0v) is 8.88. The average molecular weight is 233 g/mol. The lowest BCUT2D eigenvalue weighted by Crippen LogP contribution is -2.03. The molecule has 2 N–H and O–H groups in total. The van der Waals surface area contributed by atoms with Crippen LogP contribution in [0.5, 0.6) is 5.75 Å². The second-order valence-electron chi connectivity index (χ2n) is 3.47. The Kier molecular flexibility index (Phi) is 1.88. The summed E-state index contributed by atoms with van der Waals surface area (Å²) in [6.07, 6.45) is 1.34. The highest BCUT2D eigenvalue weighted by Crippen LogP contribution is 2.28. The average Bonchev–Trinajstić information content (AvgIpc) is 2.79. The number of nitrogens with two attached hydrogens (primary N) is 1. The molecule has 0 aliphatic rings. The smallest absolute Gasteiger partial charge is 0.223 e. The quantitative estimate of drug-likeness (QED) is 0.678. The molecular weight excluding hydrogens is 225 g/mol. The Hall–Kier alpha value is -2.44. The fourth-order valence-corrected chi connectivity index (χ4v) is 1.77. The Labute approximate surface area is 94.8 Å². The van der Waals surface area contributed by atoms with Gasteiger partial charge in [-0.2, -0.15) is 9.61 Å². The van der Waals surface area contributed by atoms with Gasteiger partial charge in [-0.3, -0.25) is 0 Å². The van der Waals surface area contributed by atoms with Gasteiger partial charge in [0.25, 0.3) is 0 Å². The van der Waals surface area contributed by atoms with E-state index in [0.29, 0.717) is 22.3 Å². The van der Waals surface area contributed by atoms with Crippen LogP contribution in [0, 0.1) is 5.82 Å². The molecule has 0 amide bonds. The first-order valence-electron chi connectivity index (χ1n) is 4.83. The topological polar surface area (TPSA) is 78.3 Å². The van der Waals surface area contributed by atoms with Crippen LogP contribution in [0.4, 0.5) is 10.3 Å². The van der Waals surface area contributed by atoms with Crippen LogP contribution in [-0.4, -0.2) is 26.7 Å². The van der Waals surface area contributed by atoms with Crippen LogP contribution in [0.15, 0.2) is 18.5 Å². The predicted molar refractivity (Wildman–Crippen MR) is 59.2 cm³/mol. The van der Waals surface area contributed by atoms with Crippen molar-refractivity contribution in [3.63, 3.8) is 0 Å². The molecule has 2 aromatic heterocycles. The Morgan fingerprint density at radius 2 is 2.24 bits per heavy atom. The van der Waals surface area contributed by atoms with Crippen LogP contribution in [0.1, 0.15) is 0 Å². The SMILES string of the molecule is COc1cc(F)cc2c1nc(N)n1ncnc21. The number of aromatic nitrogens is 4. The van der Waals surface area contributed by atoms with Gasteiger partial charge in [0.05, 0.1) is 12.5 Å². The van der Waals surface area contributed by atoms with Crippen LogP contribution < -0.4 is 10.5 Å². The van der Waals surface area contributed by atoms with Gasteiger partial charge in [-0.25, -0.2) is 14.4 Å². The molecule has 3 aromatic rings. The predicted octanol–water partition coefficient (Wildman–Crippen LogP) is 1.01. The summed E-state index contributed by atoms with van der Waals surface area (Å²) in [5, 5.41) is 4.42. The van der Waals surface area contributed by atoms with Gasteiger partial charge in [0.15, 0.2) is 5.65 Å². The molecular formula is C10H8FN5O. The van der Waals surface area contributed by atoms with Crippen molar-refractivity contribution in [2.24, 2.45) is 0 Å². The van der Waals surface area contributed by atoms with Crippen molar-refractivity contribution in [1.82, 2.24) is 19.6 Å². The summed E-state index contributed by atoms with van der Waals surface area (Å²) in [6, 6.07) is 2.58. The third kappa shape index (κ3) is 1.28. The molecule has 86 valence electrons. The van der Waals surface area contributed by atoms with Crippen LogP contribution in [0.2, 0.25) is 0 Å². The fraction of sp³-hybridized carbons (Fsp3) is 0.100. The Morgan fingerprint density at radius 1 is 1.41 bits per heavy atom. The summed E-state index contributed by atoms with van der Waals surface area (Å²) in [5.74, 6) is 0.0675. The lowest BCUT2D eigenvalue weighted by Gasteiger charge is -2.07. The minimum Gasteiger partial charge on any atom is -0.494 e. The van der Waals surface area contributed by atoms with Gasteiger partial charge in [-0.05, 0) is 6.07 Å². The molecule has 0 fully saturated rings. The van der Waals surface area contributed by atoms with Crippen LogP contribution in [0.25, 0.3) is 16.6 Å². The summed E-state index contributed by atoms with van der Waals surface area (Å²) in [5.41, 5.74) is 6.64. The van der Waals surface area contributed by atoms with Crippen molar-refractivity contribution < 1.29 is 9.13 Å². The highest BCUT2D eigenvalue weighted by atomic mass is 19.1. The minimum absolute atomic E-state index is 0.176. The van der Waals surface area contributed by atoms with E-state index in [2.05, 4.69) is 15.1 Å². The van der Waals surface area contributed by atoms with Crippen molar-refractivity contribution in [1.29, 1.82) is 0 Å². The first-order chi connectivity index (χ1) is 8.20. The number of fused-ring (bicyclic) bond motifs is 3. The Bertz CT molecular complexity index is 723. The van der Waals surface area contributed by atoms with Crippen molar-refractivity contribution in [2.45, 2.75) is 0 Å². The summed E-state index contributed by atoms with van der Waals surface area (Å²) in [7, 11) is 1.44. The van der Waals surface area contributed by atoms with E-state index in [-0.39, 0.29) is 5.95 Å². The zero-order chi connectivity index (χ0) is 12.0. The molecule has 0 atom stereocenters.